The lowest BCUT2D eigenvalue weighted by atomic mass is 10.00. The number of amides is 3. The molecule has 1 unspecified atom stereocenters. The maximum absolute atomic E-state index is 13.2. The molecule has 0 aromatic heterocycles. The Kier molecular flexibility index (Phi) is 8.85. The lowest BCUT2D eigenvalue weighted by Gasteiger charge is -2.18. The van der Waals surface area contributed by atoms with Gasteiger partial charge in [0.05, 0.1) is 11.9 Å². The minimum atomic E-state index is -0.377. The molecule has 1 N–H and O–H groups in total. The number of thioether (sulfide) groups is 1. The first-order valence-electron chi connectivity index (χ1n) is 13.7. The number of carbonyl (C=O) groups excluding carboxylic acids is 3. The maximum atomic E-state index is 13.2. The van der Waals surface area contributed by atoms with E-state index in [-0.39, 0.29) is 22.3 Å². The van der Waals surface area contributed by atoms with E-state index in [9.17, 15) is 14.4 Å². The Morgan fingerprint density at radius 2 is 1.46 bits per heavy atom. The quantitative estimate of drug-likeness (QED) is 0.225. The molecule has 208 valence electrons. The largest absolute Gasteiger partial charge is 0.494 e. The topological polar surface area (TPSA) is 75.7 Å². The van der Waals surface area contributed by atoms with E-state index in [0.717, 1.165) is 57.3 Å². The fraction of sp³-hybridized carbons (Fsp3) is 0.206. The molecule has 1 heterocycles. The number of rotatable bonds is 10. The van der Waals surface area contributed by atoms with Crippen LogP contribution in [0.5, 0.6) is 5.75 Å². The van der Waals surface area contributed by atoms with Crippen LogP contribution in [-0.2, 0) is 17.8 Å². The Morgan fingerprint density at radius 3 is 2.10 bits per heavy atom. The molecule has 6 nitrogen and oxygen atoms in total. The summed E-state index contributed by atoms with van der Waals surface area (Å²) < 4.78 is 5.66. The van der Waals surface area contributed by atoms with Crippen LogP contribution in [0.15, 0.2) is 97.1 Å². The highest BCUT2D eigenvalue weighted by Crippen LogP contribution is 2.27. The SMILES string of the molecule is CCCOc1ccc(-c2ccc(C(=O)N(C)Cc3cccc(-c4ccc(CC5SC(=O)NC5=O)cc4)c3)cc2)cc1. The first-order chi connectivity index (χ1) is 19.9. The van der Waals surface area contributed by atoms with E-state index in [1.54, 1.807) is 4.90 Å². The molecule has 41 heavy (non-hydrogen) atoms. The summed E-state index contributed by atoms with van der Waals surface area (Å²) in [4.78, 5) is 38.2. The highest BCUT2D eigenvalue weighted by molar-refractivity contribution is 8.15. The molecule has 4 aromatic rings. The van der Waals surface area contributed by atoms with Gasteiger partial charge in [-0.3, -0.25) is 19.7 Å². The van der Waals surface area contributed by atoms with Gasteiger partial charge in [0, 0.05) is 19.2 Å². The van der Waals surface area contributed by atoms with Crippen molar-refractivity contribution in [3.63, 3.8) is 0 Å². The normalized spacial score (nSPS) is 14.5. The van der Waals surface area contributed by atoms with Crippen molar-refractivity contribution >= 4 is 28.8 Å². The number of carbonyl (C=O) groups is 3. The van der Waals surface area contributed by atoms with Gasteiger partial charge in [-0.2, -0.15) is 0 Å². The fourth-order valence-electron chi connectivity index (χ4n) is 4.76. The summed E-state index contributed by atoms with van der Waals surface area (Å²) in [5.74, 6) is 0.592. The minimum absolute atomic E-state index is 0.0399. The van der Waals surface area contributed by atoms with E-state index in [1.165, 1.54) is 0 Å². The predicted molar refractivity (Wildman–Crippen MR) is 164 cm³/mol. The van der Waals surface area contributed by atoms with Gasteiger partial charge < -0.3 is 9.64 Å². The molecule has 0 saturated carbocycles. The third-order valence-electron chi connectivity index (χ3n) is 6.96. The molecule has 5 rings (SSSR count). The molecule has 0 radical (unpaired) electrons. The number of imide groups is 1. The van der Waals surface area contributed by atoms with Gasteiger partial charge in [-0.25, -0.2) is 0 Å². The average Bonchev–Trinajstić information content (AvgIpc) is 3.32. The van der Waals surface area contributed by atoms with Crippen LogP contribution in [0.2, 0.25) is 0 Å². The van der Waals surface area contributed by atoms with Crippen molar-refractivity contribution in [2.45, 2.75) is 31.6 Å². The van der Waals surface area contributed by atoms with E-state index in [1.807, 2.05) is 98.0 Å². The number of hydrogen-bond donors (Lipinski definition) is 1. The number of benzene rings is 4. The van der Waals surface area contributed by atoms with Gasteiger partial charge in [-0.05, 0) is 76.6 Å². The van der Waals surface area contributed by atoms with Gasteiger partial charge in [0.15, 0.2) is 0 Å². The summed E-state index contributed by atoms with van der Waals surface area (Å²) in [6, 6.07) is 31.9. The maximum Gasteiger partial charge on any atom is 0.286 e. The van der Waals surface area contributed by atoms with Gasteiger partial charge in [-0.15, -0.1) is 0 Å². The molecule has 1 aliphatic rings. The number of nitrogens with zero attached hydrogens (tertiary/aromatic N) is 1. The molecule has 4 aromatic carbocycles. The third kappa shape index (κ3) is 7.05. The summed E-state index contributed by atoms with van der Waals surface area (Å²) >= 11 is 1.04. The van der Waals surface area contributed by atoms with Crippen LogP contribution in [0.4, 0.5) is 4.79 Å². The van der Waals surface area contributed by atoms with Crippen LogP contribution in [-0.4, -0.2) is 40.9 Å². The van der Waals surface area contributed by atoms with Gasteiger partial charge >= 0.3 is 0 Å². The molecule has 0 bridgehead atoms. The van der Waals surface area contributed by atoms with Gasteiger partial charge in [-0.1, -0.05) is 85.4 Å². The van der Waals surface area contributed by atoms with Crippen molar-refractivity contribution in [2.24, 2.45) is 0 Å². The second-order valence-corrected chi connectivity index (χ2v) is 11.3. The van der Waals surface area contributed by atoms with Crippen molar-refractivity contribution < 1.29 is 19.1 Å². The van der Waals surface area contributed by atoms with Gasteiger partial charge in [0.1, 0.15) is 5.75 Å². The molecule has 1 fully saturated rings. The highest BCUT2D eigenvalue weighted by atomic mass is 32.2. The average molecular weight is 565 g/mol. The zero-order chi connectivity index (χ0) is 28.8. The first-order valence-corrected chi connectivity index (χ1v) is 14.6. The molecular formula is C34H32N2O4S. The zero-order valence-electron chi connectivity index (χ0n) is 23.1. The summed E-state index contributed by atoms with van der Waals surface area (Å²) in [6.07, 6.45) is 1.48. The minimum Gasteiger partial charge on any atom is -0.494 e. The zero-order valence-corrected chi connectivity index (χ0v) is 23.9. The monoisotopic (exact) mass is 564 g/mol. The van der Waals surface area contributed by atoms with Crippen molar-refractivity contribution in [3.8, 4) is 28.0 Å². The van der Waals surface area contributed by atoms with Crippen molar-refractivity contribution in [3.05, 3.63) is 114 Å². The van der Waals surface area contributed by atoms with Crippen LogP contribution in [0.25, 0.3) is 22.3 Å². The summed E-state index contributed by atoms with van der Waals surface area (Å²) in [5.41, 5.74) is 6.89. The van der Waals surface area contributed by atoms with Crippen LogP contribution in [0.1, 0.15) is 34.8 Å². The lowest BCUT2D eigenvalue weighted by Crippen LogP contribution is -2.26. The van der Waals surface area contributed by atoms with E-state index in [4.69, 9.17) is 4.74 Å². The Morgan fingerprint density at radius 1 is 0.829 bits per heavy atom. The molecule has 7 heteroatoms. The van der Waals surface area contributed by atoms with E-state index in [2.05, 4.69) is 18.3 Å². The van der Waals surface area contributed by atoms with E-state index in [0.29, 0.717) is 25.1 Å². The van der Waals surface area contributed by atoms with E-state index >= 15 is 0 Å². The first kappa shape index (κ1) is 28.2. The fourth-order valence-corrected chi connectivity index (χ4v) is 5.62. The standard InChI is InChI=1S/C34H32N2O4S/c1-3-19-40-30-17-15-26(16-18-30)25-11-13-28(14-12-25)33(38)36(2)22-24-5-4-6-29(20-24)27-9-7-23(8-10-27)21-31-32(37)35-34(39)41-31/h4-18,20,31H,3,19,21-22H2,1-2H3,(H,35,37,39). The number of hydrogen-bond acceptors (Lipinski definition) is 5. The van der Waals surface area contributed by atoms with Crippen LogP contribution >= 0.6 is 11.8 Å². The highest BCUT2D eigenvalue weighted by Gasteiger charge is 2.31. The molecule has 0 spiro atoms. The molecule has 1 saturated heterocycles. The van der Waals surface area contributed by atoms with Crippen molar-refractivity contribution in [2.75, 3.05) is 13.7 Å². The molecule has 1 aliphatic heterocycles. The molecule has 3 amide bonds. The van der Waals surface area contributed by atoms with Crippen molar-refractivity contribution in [1.29, 1.82) is 0 Å². The summed E-state index contributed by atoms with van der Waals surface area (Å²) in [7, 11) is 1.81. The Balaban J connectivity index is 1.20. The van der Waals surface area contributed by atoms with Crippen LogP contribution in [0.3, 0.4) is 0 Å². The molecule has 1 atom stereocenters. The molecule has 0 aliphatic carbocycles. The second kappa shape index (κ2) is 12.9. The van der Waals surface area contributed by atoms with Crippen molar-refractivity contribution in [1.82, 2.24) is 10.2 Å². The Hall–Kier alpha value is -4.36. The third-order valence-corrected chi connectivity index (χ3v) is 7.94. The Bertz CT molecular complexity index is 1530. The number of ether oxygens (including phenoxy) is 1. The smallest absolute Gasteiger partial charge is 0.286 e. The van der Waals surface area contributed by atoms with E-state index < -0.39 is 0 Å². The van der Waals surface area contributed by atoms with Crippen LogP contribution in [0, 0.1) is 0 Å². The molecular weight excluding hydrogens is 532 g/mol. The number of nitrogens with one attached hydrogen (secondary N) is 1. The Labute approximate surface area is 244 Å². The second-order valence-electron chi connectivity index (χ2n) is 10.1. The summed E-state index contributed by atoms with van der Waals surface area (Å²) in [5, 5.41) is 1.67. The van der Waals surface area contributed by atoms with Gasteiger partial charge in [0.2, 0.25) is 5.91 Å². The lowest BCUT2D eigenvalue weighted by molar-refractivity contribution is -0.118. The van der Waals surface area contributed by atoms with Crippen LogP contribution < -0.4 is 10.1 Å². The summed E-state index contributed by atoms with van der Waals surface area (Å²) in [6.45, 7) is 3.27. The van der Waals surface area contributed by atoms with Gasteiger partial charge in [0.25, 0.3) is 11.1 Å². The predicted octanol–water partition coefficient (Wildman–Crippen LogP) is 6.98.